The monoisotopic (exact) mass is 514 g/mol. The van der Waals surface area contributed by atoms with Crippen LogP contribution in [0.15, 0.2) is 42.1 Å². The number of ether oxygens (including phenoxy) is 1. The number of sulfone groups is 1. The molecule has 7 nitrogen and oxygen atoms in total. The van der Waals surface area contributed by atoms with Crippen molar-refractivity contribution in [2.75, 3.05) is 25.3 Å². The number of halogens is 1. The van der Waals surface area contributed by atoms with Gasteiger partial charge in [-0.05, 0) is 80.5 Å². The van der Waals surface area contributed by atoms with E-state index in [4.69, 9.17) is 10.7 Å². The fourth-order valence-corrected chi connectivity index (χ4v) is 5.41. The van der Waals surface area contributed by atoms with Crippen LogP contribution in [0.3, 0.4) is 0 Å². The third-order valence-corrected chi connectivity index (χ3v) is 8.87. The normalized spacial score (nSPS) is 13.7. The number of benzene rings is 1. The Hall–Kier alpha value is -3.09. The number of pyridine rings is 1. The molecule has 0 radical (unpaired) electrons. The minimum absolute atomic E-state index is 0.140. The third-order valence-electron chi connectivity index (χ3n) is 6.13. The van der Waals surface area contributed by atoms with Gasteiger partial charge in [0.15, 0.2) is 9.84 Å². The van der Waals surface area contributed by atoms with Crippen LogP contribution in [0.1, 0.15) is 69.7 Å². The van der Waals surface area contributed by atoms with E-state index in [0.717, 1.165) is 18.5 Å². The molecule has 9 heteroatoms. The highest BCUT2D eigenvalue weighted by Crippen LogP contribution is 2.37. The van der Waals surface area contributed by atoms with Gasteiger partial charge in [0.2, 0.25) is 0 Å². The summed E-state index contributed by atoms with van der Waals surface area (Å²) in [5.41, 5.74) is 4.26. The molecule has 1 saturated carbocycles. The number of methoxy groups -OCH3 is 1. The first-order valence-electron chi connectivity index (χ1n) is 11.8. The van der Waals surface area contributed by atoms with Crippen LogP contribution < -0.4 is 5.32 Å². The molecule has 1 aromatic heterocycles. The van der Waals surface area contributed by atoms with E-state index < -0.39 is 26.3 Å². The zero-order valence-electron chi connectivity index (χ0n) is 21.8. The Morgan fingerprint density at radius 2 is 1.92 bits per heavy atom. The van der Waals surface area contributed by atoms with Gasteiger partial charge in [0.05, 0.1) is 22.7 Å². The molecule has 194 valence electrons. The van der Waals surface area contributed by atoms with E-state index in [9.17, 15) is 12.8 Å². The number of allylic oxidation sites excluding steroid dienone is 1. The average Bonchev–Trinajstić information content (AvgIpc) is 3.68. The zero-order valence-corrected chi connectivity index (χ0v) is 22.6. The summed E-state index contributed by atoms with van der Waals surface area (Å²) < 4.78 is 43.7. The smallest absolute Gasteiger partial charge is 0.161 e. The van der Waals surface area contributed by atoms with Crippen LogP contribution in [0, 0.1) is 22.6 Å². The molecule has 36 heavy (non-hydrogen) atoms. The summed E-state index contributed by atoms with van der Waals surface area (Å²) in [5.74, 6) is -1.32. The molecule has 0 saturated heterocycles. The highest BCUT2D eigenvalue weighted by molar-refractivity contribution is 7.93. The predicted octanol–water partition coefficient (Wildman–Crippen LogP) is 5.70. The number of anilines is 1. The SMILES string of the molecule is CCC(=N)C(C)(C)S(=O)(=O)C[C@H](C)c1cc(NC(=C2CC2)c2ccc(C#N)cn2)ccc1F.COC. The molecule has 2 N–H and O–H groups in total. The maximum Gasteiger partial charge on any atom is 0.161 e. The van der Waals surface area contributed by atoms with Crippen LogP contribution in [-0.4, -0.2) is 43.8 Å². The molecule has 1 aliphatic rings. The molecule has 1 heterocycles. The van der Waals surface area contributed by atoms with Crippen LogP contribution in [0.2, 0.25) is 0 Å². The topological polar surface area (TPSA) is 116 Å². The quantitative estimate of drug-likeness (QED) is 0.415. The van der Waals surface area contributed by atoms with E-state index in [1.165, 1.54) is 31.7 Å². The Morgan fingerprint density at radius 3 is 2.42 bits per heavy atom. The number of aromatic nitrogens is 1. The second-order valence-corrected chi connectivity index (χ2v) is 11.9. The Morgan fingerprint density at radius 1 is 1.28 bits per heavy atom. The zero-order chi connectivity index (χ0) is 27.1. The third kappa shape index (κ3) is 6.99. The number of hydrogen-bond donors (Lipinski definition) is 2. The highest BCUT2D eigenvalue weighted by atomic mass is 32.2. The van der Waals surface area contributed by atoms with Crippen molar-refractivity contribution < 1.29 is 17.5 Å². The number of nitriles is 1. The van der Waals surface area contributed by atoms with Crippen LogP contribution in [0.4, 0.5) is 10.1 Å². The second-order valence-electron chi connectivity index (χ2n) is 9.32. The molecule has 0 aliphatic heterocycles. The summed E-state index contributed by atoms with van der Waals surface area (Å²) in [6, 6.07) is 10.1. The van der Waals surface area contributed by atoms with Crippen LogP contribution in [-0.2, 0) is 14.6 Å². The summed E-state index contributed by atoms with van der Waals surface area (Å²) in [5, 5.41) is 20.4. The first-order chi connectivity index (χ1) is 16.9. The van der Waals surface area contributed by atoms with Gasteiger partial charge >= 0.3 is 0 Å². The first kappa shape index (κ1) is 29.1. The molecule has 0 bridgehead atoms. The lowest BCUT2D eigenvalue weighted by Crippen LogP contribution is -2.42. The minimum Gasteiger partial charge on any atom is -0.388 e. The van der Waals surface area contributed by atoms with E-state index in [1.54, 1.807) is 52.3 Å². The summed E-state index contributed by atoms with van der Waals surface area (Å²) in [6.45, 7) is 6.52. The van der Waals surface area contributed by atoms with Crippen molar-refractivity contribution in [1.82, 2.24) is 4.98 Å². The number of hydrogen-bond acceptors (Lipinski definition) is 7. The molecule has 0 amide bonds. The molecule has 1 aromatic carbocycles. The molecule has 2 aromatic rings. The number of nitrogens with one attached hydrogen (secondary N) is 2. The average molecular weight is 515 g/mol. The van der Waals surface area contributed by atoms with Gasteiger partial charge in [-0.2, -0.15) is 5.26 Å². The maximum atomic E-state index is 14.7. The standard InChI is InChI=1S/C25H29FN4O2S.C2H6O/c1-5-23(28)25(3,4)33(31,32)15-16(2)20-12-19(9-10-21(20)26)30-24(18-7-8-18)22-11-6-17(13-27)14-29-22;1-3-2/h6,9-12,14,16,28,30H,5,7-8,15H2,1-4H3;1-2H3/t16-;/m0./s1. The Bertz CT molecular complexity index is 1260. The van der Waals surface area contributed by atoms with Crippen molar-refractivity contribution in [3.8, 4) is 6.07 Å². The molecule has 1 fully saturated rings. The van der Waals surface area contributed by atoms with E-state index in [0.29, 0.717) is 28.9 Å². The van der Waals surface area contributed by atoms with Gasteiger partial charge in [-0.3, -0.25) is 4.98 Å². The molecule has 1 aliphatic carbocycles. The lowest BCUT2D eigenvalue weighted by atomic mass is 10.0. The molecule has 3 rings (SSSR count). The largest absolute Gasteiger partial charge is 0.388 e. The predicted molar refractivity (Wildman–Crippen MR) is 142 cm³/mol. The minimum atomic E-state index is -3.68. The number of rotatable bonds is 9. The second kappa shape index (κ2) is 12.2. The lowest BCUT2D eigenvalue weighted by molar-refractivity contribution is 0.277. The van der Waals surface area contributed by atoms with Crippen LogP contribution >= 0.6 is 0 Å². The van der Waals surface area contributed by atoms with Gasteiger partial charge in [-0.15, -0.1) is 0 Å². The summed E-state index contributed by atoms with van der Waals surface area (Å²) >= 11 is 0. The van der Waals surface area contributed by atoms with Gasteiger partial charge in [-0.25, -0.2) is 12.8 Å². The van der Waals surface area contributed by atoms with E-state index in [2.05, 4.69) is 21.1 Å². The van der Waals surface area contributed by atoms with Crippen molar-refractivity contribution in [3.05, 3.63) is 64.7 Å². The molecular weight excluding hydrogens is 479 g/mol. The molecular formula is C27H35FN4O3S. The van der Waals surface area contributed by atoms with Crippen molar-refractivity contribution in [3.63, 3.8) is 0 Å². The van der Waals surface area contributed by atoms with Crippen LogP contribution in [0.5, 0.6) is 0 Å². The summed E-state index contributed by atoms with van der Waals surface area (Å²) in [7, 11) is -0.432. The fraction of sp³-hybridized carbons (Fsp3) is 0.444. The van der Waals surface area contributed by atoms with Crippen molar-refractivity contribution in [2.24, 2.45) is 0 Å². The van der Waals surface area contributed by atoms with Crippen LogP contribution in [0.25, 0.3) is 5.70 Å². The van der Waals surface area contributed by atoms with Crippen molar-refractivity contribution in [1.29, 1.82) is 10.7 Å². The van der Waals surface area contributed by atoms with Gasteiger partial charge < -0.3 is 15.5 Å². The summed E-state index contributed by atoms with van der Waals surface area (Å²) in [6.07, 6.45) is 3.73. The number of nitrogens with zero attached hydrogens (tertiary/aromatic N) is 2. The summed E-state index contributed by atoms with van der Waals surface area (Å²) in [4.78, 5) is 4.37. The first-order valence-corrected chi connectivity index (χ1v) is 13.4. The molecule has 0 spiro atoms. The van der Waals surface area contributed by atoms with Crippen molar-refractivity contribution >= 4 is 26.9 Å². The molecule has 1 atom stereocenters. The lowest BCUT2D eigenvalue weighted by Gasteiger charge is -2.27. The Kier molecular flexibility index (Phi) is 9.91. The van der Waals surface area contributed by atoms with E-state index >= 15 is 0 Å². The van der Waals surface area contributed by atoms with Crippen molar-refractivity contribution in [2.45, 2.75) is 57.6 Å². The van der Waals surface area contributed by atoms with Gasteiger partial charge in [0.1, 0.15) is 16.6 Å². The molecule has 0 unspecified atom stereocenters. The Balaban J connectivity index is 0.00000145. The fourth-order valence-electron chi connectivity index (χ4n) is 3.64. The van der Waals surface area contributed by atoms with E-state index in [-0.39, 0.29) is 11.5 Å². The maximum absolute atomic E-state index is 14.7. The Labute approximate surface area is 213 Å². The van der Waals surface area contributed by atoms with Gasteiger partial charge in [0, 0.05) is 31.8 Å². The van der Waals surface area contributed by atoms with E-state index in [1.807, 2.05) is 0 Å². The van der Waals surface area contributed by atoms with Gasteiger partial charge in [-0.1, -0.05) is 13.8 Å². The highest BCUT2D eigenvalue weighted by Gasteiger charge is 2.38. The van der Waals surface area contributed by atoms with Gasteiger partial charge in [0.25, 0.3) is 0 Å².